The molecule has 1 aliphatic heterocycles. The highest BCUT2D eigenvalue weighted by Gasteiger charge is 2.29. The largest absolute Gasteiger partial charge is 0.354 e. The number of benzene rings is 1. The molecule has 0 unspecified atom stereocenters. The van der Waals surface area contributed by atoms with Crippen molar-refractivity contribution in [1.29, 1.82) is 5.26 Å². The van der Waals surface area contributed by atoms with Gasteiger partial charge < -0.3 is 9.80 Å². The summed E-state index contributed by atoms with van der Waals surface area (Å²) in [7, 11) is 0. The maximum absolute atomic E-state index is 12.7. The summed E-state index contributed by atoms with van der Waals surface area (Å²) in [6.07, 6.45) is 3.00. The molecule has 0 radical (unpaired) electrons. The van der Waals surface area contributed by atoms with Crippen molar-refractivity contribution < 1.29 is 4.79 Å². The van der Waals surface area contributed by atoms with Crippen molar-refractivity contribution in [3.63, 3.8) is 0 Å². The number of carbonyl (C=O) groups is 1. The summed E-state index contributed by atoms with van der Waals surface area (Å²) >= 11 is 0. The van der Waals surface area contributed by atoms with Crippen molar-refractivity contribution in [2.75, 3.05) is 18.0 Å². The van der Waals surface area contributed by atoms with Gasteiger partial charge in [0.25, 0.3) is 0 Å². The number of nitrogens with zero attached hydrogens (tertiary/aromatic N) is 4. The molecule has 0 saturated carbocycles. The molecule has 5 nitrogen and oxygen atoms in total. The summed E-state index contributed by atoms with van der Waals surface area (Å²) in [5.41, 5.74) is 1.74. The Hall–Kier alpha value is -2.87. The van der Waals surface area contributed by atoms with Gasteiger partial charge in [0, 0.05) is 38.3 Å². The van der Waals surface area contributed by atoms with Gasteiger partial charge in [-0.15, -0.1) is 0 Å². The van der Waals surface area contributed by atoms with Crippen LogP contribution in [-0.4, -0.2) is 34.9 Å². The Bertz CT molecular complexity index is 769. The molecule has 0 N–H and O–H groups in total. The van der Waals surface area contributed by atoms with E-state index in [0.29, 0.717) is 25.1 Å². The predicted molar refractivity (Wildman–Crippen MR) is 96.9 cm³/mol. The molecule has 2 heterocycles. The molecule has 1 saturated heterocycles. The first-order valence-electron chi connectivity index (χ1n) is 8.65. The molecule has 1 aromatic carbocycles. The van der Waals surface area contributed by atoms with Crippen LogP contribution in [0.15, 0.2) is 48.7 Å². The Kier molecular flexibility index (Phi) is 5.30. The lowest BCUT2D eigenvalue weighted by molar-refractivity contribution is -0.133. The number of hydrogen-bond donors (Lipinski definition) is 0. The van der Waals surface area contributed by atoms with E-state index in [1.165, 1.54) is 0 Å². The number of hydrogen-bond acceptors (Lipinski definition) is 4. The van der Waals surface area contributed by atoms with Gasteiger partial charge in [0.1, 0.15) is 5.82 Å². The van der Waals surface area contributed by atoms with E-state index in [1.807, 2.05) is 23.1 Å². The summed E-state index contributed by atoms with van der Waals surface area (Å²) < 4.78 is 0. The van der Waals surface area contributed by atoms with E-state index in [2.05, 4.69) is 35.0 Å². The fraction of sp³-hybridized carbons (Fsp3) is 0.350. The van der Waals surface area contributed by atoms with Crippen LogP contribution in [0.4, 0.5) is 5.82 Å². The zero-order valence-corrected chi connectivity index (χ0v) is 14.4. The molecule has 2 aromatic rings. The maximum Gasteiger partial charge on any atom is 0.224 e. The number of pyridine rings is 1. The molecule has 5 heteroatoms. The van der Waals surface area contributed by atoms with Crippen LogP contribution < -0.4 is 4.90 Å². The summed E-state index contributed by atoms with van der Waals surface area (Å²) in [4.78, 5) is 21.2. The van der Waals surface area contributed by atoms with Crippen LogP contribution in [0, 0.1) is 11.3 Å². The monoisotopic (exact) mass is 334 g/mol. The van der Waals surface area contributed by atoms with E-state index in [0.717, 1.165) is 24.3 Å². The second kappa shape index (κ2) is 7.80. The van der Waals surface area contributed by atoms with Gasteiger partial charge in [-0.05, 0) is 24.1 Å². The minimum atomic E-state index is 0.128. The van der Waals surface area contributed by atoms with Gasteiger partial charge in [0.2, 0.25) is 5.91 Å². The molecule has 1 amide bonds. The van der Waals surface area contributed by atoms with Crippen molar-refractivity contribution in [3.8, 4) is 6.07 Å². The molecular formula is C20H22N4O. The lowest BCUT2D eigenvalue weighted by atomic mass is 10.1. The first-order valence-corrected chi connectivity index (χ1v) is 8.65. The summed E-state index contributed by atoms with van der Waals surface area (Å²) in [6.45, 7) is 4.11. The number of carbonyl (C=O) groups excluding carboxylic acids is 1. The first-order chi connectivity index (χ1) is 12.2. The molecular weight excluding hydrogens is 312 g/mol. The normalized spacial score (nSPS) is 17.9. The highest BCUT2D eigenvalue weighted by Crippen LogP contribution is 2.21. The van der Waals surface area contributed by atoms with Crippen LogP contribution in [0.3, 0.4) is 0 Å². The standard InChI is InChI=1S/C20H22N4O/c1-2-18-15-23(19-12-17(13-21)8-10-22-19)11-9-20(25)24(18)14-16-6-4-3-5-7-16/h3-8,10,12,18H,2,9,11,14-15H2,1H3/t18-/m0/s1. The van der Waals surface area contributed by atoms with E-state index < -0.39 is 0 Å². The Morgan fingerprint density at radius 1 is 1.28 bits per heavy atom. The van der Waals surface area contributed by atoms with Crippen LogP contribution in [0.2, 0.25) is 0 Å². The van der Waals surface area contributed by atoms with Crippen LogP contribution in [-0.2, 0) is 11.3 Å². The molecule has 1 fully saturated rings. The van der Waals surface area contributed by atoms with Crippen molar-refractivity contribution >= 4 is 11.7 Å². The highest BCUT2D eigenvalue weighted by molar-refractivity contribution is 5.78. The van der Waals surface area contributed by atoms with Gasteiger partial charge in [0.15, 0.2) is 0 Å². The van der Waals surface area contributed by atoms with Crippen molar-refractivity contribution in [2.45, 2.75) is 32.4 Å². The number of aromatic nitrogens is 1. The Morgan fingerprint density at radius 3 is 2.80 bits per heavy atom. The Morgan fingerprint density at radius 2 is 2.08 bits per heavy atom. The molecule has 128 valence electrons. The summed E-state index contributed by atoms with van der Waals surface area (Å²) in [5.74, 6) is 0.946. The topological polar surface area (TPSA) is 60.2 Å². The van der Waals surface area contributed by atoms with Crippen molar-refractivity contribution in [3.05, 3.63) is 59.8 Å². The highest BCUT2D eigenvalue weighted by atomic mass is 16.2. The van der Waals surface area contributed by atoms with E-state index in [1.54, 1.807) is 18.3 Å². The summed E-state index contributed by atoms with van der Waals surface area (Å²) in [5, 5.41) is 9.10. The zero-order chi connectivity index (χ0) is 17.6. The SMILES string of the molecule is CC[C@H]1CN(c2cc(C#N)ccn2)CCC(=O)N1Cc1ccccc1. The van der Waals surface area contributed by atoms with Crippen LogP contribution in [0.5, 0.6) is 0 Å². The second-order valence-electron chi connectivity index (χ2n) is 6.28. The minimum Gasteiger partial charge on any atom is -0.354 e. The zero-order valence-electron chi connectivity index (χ0n) is 14.4. The van der Waals surface area contributed by atoms with E-state index >= 15 is 0 Å². The fourth-order valence-corrected chi connectivity index (χ4v) is 3.24. The number of rotatable bonds is 4. The maximum atomic E-state index is 12.7. The van der Waals surface area contributed by atoms with Crippen LogP contribution in [0.1, 0.15) is 30.9 Å². The molecule has 0 spiro atoms. The average Bonchev–Trinajstić information content (AvgIpc) is 2.82. The smallest absolute Gasteiger partial charge is 0.224 e. The molecule has 0 bridgehead atoms. The molecule has 1 aliphatic rings. The molecule has 0 aliphatic carbocycles. The Labute approximate surface area is 148 Å². The molecule has 1 atom stereocenters. The van der Waals surface area contributed by atoms with Gasteiger partial charge >= 0.3 is 0 Å². The minimum absolute atomic E-state index is 0.128. The third-order valence-corrected chi connectivity index (χ3v) is 4.65. The van der Waals surface area contributed by atoms with Gasteiger partial charge in [-0.3, -0.25) is 4.79 Å². The van der Waals surface area contributed by atoms with Crippen molar-refractivity contribution in [1.82, 2.24) is 9.88 Å². The lowest BCUT2D eigenvalue weighted by Crippen LogP contribution is -2.42. The first kappa shape index (κ1) is 17.0. The Balaban J connectivity index is 1.82. The van der Waals surface area contributed by atoms with Gasteiger partial charge in [-0.2, -0.15) is 5.26 Å². The van der Waals surface area contributed by atoms with E-state index in [9.17, 15) is 4.79 Å². The number of nitriles is 1. The summed E-state index contributed by atoms with van der Waals surface area (Å²) in [6, 6.07) is 15.9. The third kappa shape index (κ3) is 3.97. The second-order valence-corrected chi connectivity index (χ2v) is 6.28. The van der Waals surface area contributed by atoms with Gasteiger partial charge in [-0.25, -0.2) is 4.98 Å². The van der Waals surface area contributed by atoms with Gasteiger partial charge in [0.05, 0.1) is 11.6 Å². The van der Waals surface area contributed by atoms with E-state index in [-0.39, 0.29) is 11.9 Å². The van der Waals surface area contributed by atoms with E-state index in [4.69, 9.17) is 5.26 Å². The van der Waals surface area contributed by atoms with Crippen LogP contribution in [0.25, 0.3) is 0 Å². The predicted octanol–water partition coefficient (Wildman–Crippen LogP) is 2.97. The quantitative estimate of drug-likeness (QED) is 0.862. The number of anilines is 1. The van der Waals surface area contributed by atoms with Gasteiger partial charge in [-0.1, -0.05) is 37.3 Å². The lowest BCUT2D eigenvalue weighted by Gasteiger charge is -2.31. The molecule has 3 rings (SSSR count). The molecule has 25 heavy (non-hydrogen) atoms. The third-order valence-electron chi connectivity index (χ3n) is 4.65. The fourth-order valence-electron chi connectivity index (χ4n) is 3.24. The van der Waals surface area contributed by atoms with Crippen molar-refractivity contribution in [2.24, 2.45) is 0 Å². The van der Waals surface area contributed by atoms with Crippen LogP contribution >= 0.6 is 0 Å². The number of amides is 1. The molecule has 1 aromatic heterocycles. The average molecular weight is 334 g/mol.